The second-order valence-corrected chi connectivity index (χ2v) is 9.06. The summed E-state index contributed by atoms with van der Waals surface area (Å²) in [7, 11) is 0. The maximum atomic E-state index is 13.3. The van der Waals surface area contributed by atoms with Crippen LogP contribution in [0.5, 0.6) is 0 Å². The first-order chi connectivity index (χ1) is 15.2. The molecule has 8 nitrogen and oxygen atoms in total. The van der Waals surface area contributed by atoms with Crippen LogP contribution in [0.1, 0.15) is 41.7 Å². The molecule has 0 radical (unpaired) electrons. The van der Waals surface area contributed by atoms with Crippen molar-refractivity contribution in [3.63, 3.8) is 0 Å². The predicted molar refractivity (Wildman–Crippen MR) is 115 cm³/mol. The molecule has 0 aliphatic carbocycles. The third-order valence-corrected chi connectivity index (χ3v) is 6.87. The van der Waals surface area contributed by atoms with Crippen molar-refractivity contribution in [1.82, 2.24) is 29.7 Å². The maximum Gasteiger partial charge on any atom is 0.255 e. The molecule has 3 aromatic rings. The Bertz CT molecular complexity index is 1100. The fourth-order valence-electron chi connectivity index (χ4n) is 5.50. The number of carbonyl (C=O) groups excluding carboxylic acids is 1. The summed E-state index contributed by atoms with van der Waals surface area (Å²) < 4.78 is 8.22. The minimum absolute atomic E-state index is 0.0160. The summed E-state index contributed by atoms with van der Waals surface area (Å²) in [4.78, 5) is 28.7. The molecule has 6 rings (SSSR count). The molecule has 3 saturated heterocycles. The molecule has 160 valence electrons. The van der Waals surface area contributed by atoms with Crippen LogP contribution in [0.15, 0.2) is 43.0 Å². The Kier molecular flexibility index (Phi) is 4.50. The van der Waals surface area contributed by atoms with Gasteiger partial charge in [-0.1, -0.05) is 6.07 Å². The smallest absolute Gasteiger partial charge is 0.255 e. The normalized spacial score (nSPS) is 27.8. The van der Waals surface area contributed by atoms with Crippen LogP contribution in [0, 0.1) is 0 Å². The lowest BCUT2D eigenvalue weighted by Gasteiger charge is -2.47. The van der Waals surface area contributed by atoms with Gasteiger partial charge in [0.25, 0.3) is 5.91 Å². The number of fused-ring (bicyclic) bond motifs is 3. The highest BCUT2D eigenvalue weighted by atomic mass is 16.5. The number of nitrogens with zero attached hydrogens (tertiary/aromatic N) is 5. The summed E-state index contributed by atoms with van der Waals surface area (Å²) in [6.45, 7) is 2.47. The number of carbonyl (C=O) groups is 1. The molecule has 6 heterocycles. The van der Waals surface area contributed by atoms with Gasteiger partial charge in [-0.15, -0.1) is 0 Å². The summed E-state index contributed by atoms with van der Waals surface area (Å²) in [6, 6.07) is 8.74. The third-order valence-electron chi connectivity index (χ3n) is 6.87. The van der Waals surface area contributed by atoms with Crippen molar-refractivity contribution in [2.45, 2.75) is 49.9 Å². The van der Waals surface area contributed by atoms with Crippen LogP contribution in [0.2, 0.25) is 0 Å². The average Bonchev–Trinajstić information content (AvgIpc) is 3.36. The summed E-state index contributed by atoms with van der Waals surface area (Å²) in [5, 5.41) is 3.67. The van der Waals surface area contributed by atoms with Crippen molar-refractivity contribution in [1.29, 1.82) is 0 Å². The van der Waals surface area contributed by atoms with Gasteiger partial charge in [0.1, 0.15) is 5.52 Å². The standard InChI is InChI=1S/C23H26N6O2/c30-22(28-7-8-31-23(14-28)10-17-4-5-18(11-23)27-17)16-9-20-21(25-12-16)29(15-26-20)13-19-3-1-2-6-24-19/h1-3,6,9,12,15,17-18,27H,4-5,7-8,10-11,13-14H2/t17-,18+,23?. The van der Waals surface area contributed by atoms with E-state index in [2.05, 4.69) is 20.3 Å². The lowest BCUT2D eigenvalue weighted by atomic mass is 9.85. The third kappa shape index (κ3) is 3.49. The Morgan fingerprint density at radius 2 is 2.06 bits per heavy atom. The zero-order chi connectivity index (χ0) is 20.8. The Hall–Kier alpha value is -2.84. The van der Waals surface area contributed by atoms with E-state index in [-0.39, 0.29) is 11.5 Å². The predicted octanol–water partition coefficient (Wildman–Crippen LogP) is 2.00. The average molecular weight is 419 g/mol. The van der Waals surface area contributed by atoms with Gasteiger partial charge >= 0.3 is 0 Å². The zero-order valence-corrected chi connectivity index (χ0v) is 17.4. The van der Waals surface area contributed by atoms with Crippen molar-refractivity contribution in [3.8, 4) is 0 Å². The van der Waals surface area contributed by atoms with Gasteiger partial charge in [0.05, 0.1) is 42.9 Å². The number of piperidine rings is 1. The maximum absolute atomic E-state index is 13.3. The molecule has 3 aromatic heterocycles. The highest BCUT2D eigenvalue weighted by Gasteiger charge is 2.47. The van der Waals surface area contributed by atoms with Crippen LogP contribution in [-0.2, 0) is 11.3 Å². The molecular weight excluding hydrogens is 392 g/mol. The molecule has 3 fully saturated rings. The minimum atomic E-state index is -0.202. The Morgan fingerprint density at radius 3 is 2.87 bits per heavy atom. The van der Waals surface area contributed by atoms with Crippen LogP contribution >= 0.6 is 0 Å². The lowest BCUT2D eigenvalue weighted by molar-refractivity contribution is -0.122. The minimum Gasteiger partial charge on any atom is -0.371 e. The van der Waals surface area contributed by atoms with E-state index >= 15 is 0 Å². The second kappa shape index (κ2) is 7.39. The quantitative estimate of drug-likeness (QED) is 0.700. The fraction of sp³-hybridized carbons (Fsp3) is 0.478. The van der Waals surface area contributed by atoms with Gasteiger partial charge in [-0.05, 0) is 43.9 Å². The summed E-state index contributed by atoms with van der Waals surface area (Å²) in [5.74, 6) is 0.0160. The second-order valence-electron chi connectivity index (χ2n) is 9.06. The highest BCUT2D eigenvalue weighted by molar-refractivity contribution is 5.96. The molecule has 3 aliphatic rings. The first-order valence-corrected chi connectivity index (χ1v) is 11.1. The Balaban J connectivity index is 1.21. The highest BCUT2D eigenvalue weighted by Crippen LogP contribution is 2.38. The van der Waals surface area contributed by atoms with E-state index in [9.17, 15) is 4.79 Å². The van der Waals surface area contributed by atoms with Gasteiger partial charge in [-0.25, -0.2) is 9.97 Å². The van der Waals surface area contributed by atoms with Crippen LogP contribution in [0.4, 0.5) is 0 Å². The number of hydrogen-bond acceptors (Lipinski definition) is 6. The van der Waals surface area contributed by atoms with Gasteiger partial charge in [-0.3, -0.25) is 9.78 Å². The molecule has 31 heavy (non-hydrogen) atoms. The van der Waals surface area contributed by atoms with Gasteiger partial charge in [0, 0.05) is 31.0 Å². The molecular formula is C23H26N6O2. The van der Waals surface area contributed by atoms with E-state index in [4.69, 9.17) is 4.74 Å². The van der Waals surface area contributed by atoms with E-state index in [1.54, 1.807) is 18.7 Å². The molecule has 1 N–H and O–H groups in total. The summed E-state index contributed by atoms with van der Waals surface area (Å²) in [5.41, 5.74) is 2.82. The fourth-order valence-corrected chi connectivity index (χ4v) is 5.50. The lowest BCUT2D eigenvalue weighted by Crippen LogP contribution is -2.60. The first kappa shape index (κ1) is 18.9. The van der Waals surface area contributed by atoms with Crippen molar-refractivity contribution < 1.29 is 9.53 Å². The van der Waals surface area contributed by atoms with Crippen LogP contribution < -0.4 is 5.32 Å². The summed E-state index contributed by atoms with van der Waals surface area (Å²) >= 11 is 0. The van der Waals surface area contributed by atoms with Gasteiger partial charge in [-0.2, -0.15) is 0 Å². The molecule has 3 atom stereocenters. The number of rotatable bonds is 3. The number of pyridine rings is 2. The van der Waals surface area contributed by atoms with E-state index in [1.807, 2.05) is 33.7 Å². The molecule has 8 heteroatoms. The van der Waals surface area contributed by atoms with Crippen molar-refractivity contribution in [2.75, 3.05) is 19.7 Å². The molecule has 1 amide bonds. The van der Waals surface area contributed by atoms with Gasteiger partial charge < -0.3 is 19.5 Å². The topological polar surface area (TPSA) is 85.2 Å². The molecule has 0 aromatic carbocycles. The van der Waals surface area contributed by atoms with Gasteiger partial charge in [0.15, 0.2) is 5.65 Å². The summed E-state index contributed by atoms with van der Waals surface area (Å²) in [6.07, 6.45) is 9.62. The van der Waals surface area contributed by atoms with Crippen LogP contribution in [0.25, 0.3) is 11.2 Å². The van der Waals surface area contributed by atoms with E-state index in [0.717, 1.165) is 29.7 Å². The molecule has 0 saturated carbocycles. The van der Waals surface area contributed by atoms with E-state index < -0.39 is 0 Å². The first-order valence-electron chi connectivity index (χ1n) is 11.1. The molecule has 3 aliphatic heterocycles. The zero-order valence-electron chi connectivity index (χ0n) is 17.4. The number of ether oxygens (including phenoxy) is 1. The van der Waals surface area contributed by atoms with Crippen molar-refractivity contribution >= 4 is 17.1 Å². The van der Waals surface area contributed by atoms with Crippen molar-refractivity contribution in [2.24, 2.45) is 0 Å². The number of amides is 1. The Labute approximate surface area is 180 Å². The Morgan fingerprint density at radius 1 is 1.19 bits per heavy atom. The van der Waals surface area contributed by atoms with Crippen molar-refractivity contribution in [3.05, 3.63) is 54.2 Å². The molecule has 2 bridgehead atoms. The SMILES string of the molecule is O=C(c1cnc2c(c1)ncn2Cc1ccccn1)N1CCOC2(C[C@H]3CC[C@@H](C2)N3)C1. The number of aromatic nitrogens is 4. The molecule has 1 spiro atoms. The number of nitrogens with one attached hydrogen (secondary N) is 1. The van der Waals surface area contributed by atoms with Crippen LogP contribution in [-0.4, -0.2) is 67.7 Å². The monoisotopic (exact) mass is 418 g/mol. The van der Waals surface area contributed by atoms with E-state index in [0.29, 0.717) is 43.9 Å². The number of imidazole rings is 1. The number of morpholine rings is 1. The molecule has 1 unspecified atom stereocenters. The van der Waals surface area contributed by atoms with Gasteiger partial charge in [0.2, 0.25) is 0 Å². The largest absolute Gasteiger partial charge is 0.371 e. The van der Waals surface area contributed by atoms with Crippen LogP contribution in [0.3, 0.4) is 0 Å². The van der Waals surface area contributed by atoms with E-state index in [1.165, 1.54) is 12.8 Å². The number of hydrogen-bond donors (Lipinski definition) is 1.